The van der Waals surface area contributed by atoms with Crippen molar-refractivity contribution in [2.45, 2.75) is 19.4 Å². The fourth-order valence-electron chi connectivity index (χ4n) is 1.67. The van der Waals surface area contributed by atoms with Gasteiger partial charge in [-0.25, -0.2) is 13.2 Å². The third kappa shape index (κ3) is 2.76. The molecule has 2 aromatic rings. The first kappa shape index (κ1) is 14.0. The molecule has 0 aliphatic rings. The number of aromatic nitrogens is 2. The highest BCUT2D eigenvalue weighted by Gasteiger charge is 2.17. The standard InChI is InChI=1S/C12H12F3N3S/c1-3-9(16-2)12-18-17-11(19-12)6-4-7(13)10(15)8(14)5-6/h4-5,9,16H,3H2,1-2H3. The fraction of sp³-hybridized carbons (Fsp3) is 0.333. The number of hydrogen-bond donors (Lipinski definition) is 1. The average molecular weight is 287 g/mol. The van der Waals surface area contributed by atoms with Crippen LogP contribution in [0.4, 0.5) is 13.2 Å². The molecule has 1 aromatic carbocycles. The highest BCUT2D eigenvalue weighted by Crippen LogP contribution is 2.29. The Bertz CT molecular complexity index is 558. The van der Waals surface area contributed by atoms with Gasteiger partial charge in [-0.15, -0.1) is 10.2 Å². The number of halogens is 3. The Labute approximate surface area is 112 Å². The van der Waals surface area contributed by atoms with Crippen LogP contribution in [0.15, 0.2) is 12.1 Å². The van der Waals surface area contributed by atoms with Crippen molar-refractivity contribution in [2.24, 2.45) is 0 Å². The second-order valence-corrected chi connectivity index (χ2v) is 4.96. The summed E-state index contributed by atoms with van der Waals surface area (Å²) in [6.07, 6.45) is 0.817. The SMILES string of the molecule is CCC(NC)c1nnc(-c2cc(F)c(F)c(F)c2)s1. The summed E-state index contributed by atoms with van der Waals surface area (Å²) in [5.41, 5.74) is 0.186. The highest BCUT2D eigenvalue weighted by molar-refractivity contribution is 7.14. The van der Waals surface area contributed by atoms with E-state index < -0.39 is 17.5 Å². The van der Waals surface area contributed by atoms with Crippen molar-refractivity contribution < 1.29 is 13.2 Å². The zero-order chi connectivity index (χ0) is 14.0. The number of hydrogen-bond acceptors (Lipinski definition) is 4. The summed E-state index contributed by atoms with van der Waals surface area (Å²) >= 11 is 1.23. The molecule has 0 spiro atoms. The lowest BCUT2D eigenvalue weighted by Crippen LogP contribution is -2.14. The molecule has 0 fully saturated rings. The third-order valence-corrected chi connectivity index (χ3v) is 3.81. The van der Waals surface area contributed by atoms with Crippen LogP contribution < -0.4 is 5.32 Å². The number of rotatable bonds is 4. The van der Waals surface area contributed by atoms with Gasteiger partial charge < -0.3 is 5.32 Å². The maximum absolute atomic E-state index is 13.2. The van der Waals surface area contributed by atoms with Crippen LogP contribution in [0.1, 0.15) is 24.4 Å². The van der Waals surface area contributed by atoms with Crippen LogP contribution >= 0.6 is 11.3 Å². The van der Waals surface area contributed by atoms with E-state index in [1.54, 1.807) is 7.05 Å². The van der Waals surface area contributed by atoms with E-state index in [2.05, 4.69) is 15.5 Å². The summed E-state index contributed by atoms with van der Waals surface area (Å²) < 4.78 is 39.2. The van der Waals surface area contributed by atoms with E-state index in [-0.39, 0.29) is 11.6 Å². The molecular weight excluding hydrogens is 275 g/mol. The molecule has 1 atom stereocenters. The smallest absolute Gasteiger partial charge is 0.194 e. The van der Waals surface area contributed by atoms with E-state index in [1.165, 1.54) is 11.3 Å². The average Bonchev–Trinajstić information content (AvgIpc) is 2.86. The van der Waals surface area contributed by atoms with Gasteiger partial charge in [0, 0.05) is 5.56 Å². The summed E-state index contributed by atoms with van der Waals surface area (Å²) in [4.78, 5) is 0. The predicted octanol–water partition coefficient (Wildman–Crippen LogP) is 3.29. The van der Waals surface area contributed by atoms with Gasteiger partial charge in [0.1, 0.15) is 10.0 Å². The van der Waals surface area contributed by atoms with Crippen LogP contribution in [-0.4, -0.2) is 17.2 Å². The number of benzene rings is 1. The molecule has 1 N–H and O–H groups in total. The van der Waals surface area contributed by atoms with Gasteiger partial charge in [0.25, 0.3) is 0 Å². The molecule has 7 heteroatoms. The molecule has 1 heterocycles. The van der Waals surface area contributed by atoms with Crippen LogP contribution in [-0.2, 0) is 0 Å². The third-order valence-electron chi connectivity index (χ3n) is 2.73. The molecular formula is C12H12F3N3S. The molecule has 3 nitrogen and oxygen atoms in total. The van der Waals surface area contributed by atoms with Crippen molar-refractivity contribution in [1.29, 1.82) is 0 Å². The van der Waals surface area contributed by atoms with Gasteiger partial charge in [0.2, 0.25) is 0 Å². The van der Waals surface area contributed by atoms with Crippen LogP contribution in [0, 0.1) is 17.5 Å². The molecule has 0 saturated carbocycles. The van der Waals surface area contributed by atoms with Crippen molar-refractivity contribution in [3.8, 4) is 10.6 Å². The Kier molecular flexibility index (Phi) is 4.16. The Morgan fingerprint density at radius 2 is 1.84 bits per heavy atom. The van der Waals surface area contributed by atoms with Crippen LogP contribution in [0.25, 0.3) is 10.6 Å². The number of nitrogens with zero attached hydrogens (tertiary/aromatic N) is 2. The molecule has 0 bridgehead atoms. The monoisotopic (exact) mass is 287 g/mol. The van der Waals surface area contributed by atoms with E-state index in [9.17, 15) is 13.2 Å². The van der Waals surface area contributed by atoms with Gasteiger partial charge in [-0.05, 0) is 25.6 Å². The van der Waals surface area contributed by atoms with E-state index in [1.807, 2.05) is 6.92 Å². The second kappa shape index (κ2) is 5.66. The van der Waals surface area contributed by atoms with Crippen molar-refractivity contribution in [3.63, 3.8) is 0 Å². The Hall–Kier alpha value is -1.47. The zero-order valence-corrected chi connectivity index (χ0v) is 11.2. The van der Waals surface area contributed by atoms with E-state index >= 15 is 0 Å². The van der Waals surface area contributed by atoms with E-state index in [4.69, 9.17) is 0 Å². The van der Waals surface area contributed by atoms with Crippen molar-refractivity contribution >= 4 is 11.3 Å². The molecule has 2 rings (SSSR count). The maximum Gasteiger partial charge on any atom is 0.194 e. The van der Waals surface area contributed by atoms with E-state index in [0.29, 0.717) is 5.01 Å². The lowest BCUT2D eigenvalue weighted by Gasteiger charge is -2.08. The first-order valence-corrected chi connectivity index (χ1v) is 6.54. The molecule has 102 valence electrons. The lowest BCUT2D eigenvalue weighted by molar-refractivity contribution is 0.447. The van der Waals surface area contributed by atoms with Crippen molar-refractivity contribution in [3.05, 3.63) is 34.6 Å². The van der Waals surface area contributed by atoms with Crippen molar-refractivity contribution in [2.75, 3.05) is 7.05 Å². The van der Waals surface area contributed by atoms with Gasteiger partial charge in [0.05, 0.1) is 6.04 Å². The molecule has 0 aliphatic heterocycles. The predicted molar refractivity (Wildman–Crippen MR) is 67.3 cm³/mol. The highest BCUT2D eigenvalue weighted by atomic mass is 32.1. The molecule has 0 aliphatic carbocycles. The zero-order valence-electron chi connectivity index (χ0n) is 10.4. The topological polar surface area (TPSA) is 37.8 Å². The Morgan fingerprint density at radius 3 is 2.37 bits per heavy atom. The Morgan fingerprint density at radius 1 is 1.21 bits per heavy atom. The van der Waals surface area contributed by atoms with Gasteiger partial charge in [-0.2, -0.15) is 0 Å². The minimum absolute atomic E-state index is 0.0430. The summed E-state index contributed by atoms with van der Waals surface area (Å²) in [7, 11) is 1.80. The largest absolute Gasteiger partial charge is 0.311 e. The molecule has 1 unspecified atom stereocenters. The molecule has 19 heavy (non-hydrogen) atoms. The van der Waals surface area contributed by atoms with Crippen molar-refractivity contribution in [1.82, 2.24) is 15.5 Å². The van der Waals surface area contributed by atoms with Gasteiger partial charge in [-0.3, -0.25) is 0 Å². The summed E-state index contributed by atoms with van der Waals surface area (Å²) in [5, 5.41) is 12.0. The van der Waals surface area contributed by atoms with Gasteiger partial charge >= 0.3 is 0 Å². The summed E-state index contributed by atoms with van der Waals surface area (Å²) in [5.74, 6) is -3.94. The Balaban J connectivity index is 2.38. The first-order chi connectivity index (χ1) is 9.06. The molecule has 0 amide bonds. The quantitative estimate of drug-likeness (QED) is 0.877. The minimum atomic E-state index is -1.48. The summed E-state index contributed by atoms with van der Waals surface area (Å²) in [6.45, 7) is 1.99. The lowest BCUT2D eigenvalue weighted by atomic mass is 10.2. The van der Waals surface area contributed by atoms with Gasteiger partial charge in [0.15, 0.2) is 17.5 Å². The van der Waals surface area contributed by atoms with Crippen LogP contribution in [0.2, 0.25) is 0 Å². The van der Waals surface area contributed by atoms with E-state index in [0.717, 1.165) is 23.6 Å². The fourth-order valence-corrected chi connectivity index (χ4v) is 2.70. The minimum Gasteiger partial charge on any atom is -0.311 e. The normalized spacial score (nSPS) is 12.7. The molecule has 0 radical (unpaired) electrons. The van der Waals surface area contributed by atoms with Gasteiger partial charge in [-0.1, -0.05) is 18.3 Å². The molecule has 0 saturated heterocycles. The number of nitrogens with one attached hydrogen (secondary N) is 1. The molecule has 1 aromatic heterocycles. The van der Waals surface area contributed by atoms with Crippen LogP contribution in [0.3, 0.4) is 0 Å². The first-order valence-electron chi connectivity index (χ1n) is 5.72. The maximum atomic E-state index is 13.2. The summed E-state index contributed by atoms with van der Waals surface area (Å²) in [6, 6.07) is 1.88. The second-order valence-electron chi connectivity index (χ2n) is 3.95. The van der Waals surface area contributed by atoms with Crippen LogP contribution in [0.5, 0.6) is 0 Å².